The third-order valence-electron chi connectivity index (χ3n) is 6.94. The number of aromatic nitrogens is 5. The fourth-order valence-corrected chi connectivity index (χ4v) is 5.02. The van der Waals surface area contributed by atoms with E-state index in [1.807, 2.05) is 31.2 Å². The molecular formula is C28H26N6O3. The standard InChI is InChI=1S/C28H26N6O3/c1-4-37-20-13-11-19(12-14-20)34-18(3)17(2)24-25(34)29-16-33-26(24)30-23(31-33)10-7-15-32-27(35)21-8-5-6-9-22(21)28(32)36/h5-6,8-9,11-14,16H,4,7,10,15H2,1-3H3. The summed E-state index contributed by atoms with van der Waals surface area (Å²) >= 11 is 0. The van der Waals surface area contributed by atoms with Gasteiger partial charge in [0.2, 0.25) is 0 Å². The van der Waals surface area contributed by atoms with Crippen LogP contribution in [-0.2, 0) is 6.42 Å². The second-order valence-electron chi connectivity index (χ2n) is 9.12. The molecule has 2 amide bonds. The van der Waals surface area contributed by atoms with E-state index in [1.165, 1.54) is 4.90 Å². The number of benzene rings is 2. The first kappa shape index (κ1) is 22.9. The van der Waals surface area contributed by atoms with Gasteiger partial charge in [0.15, 0.2) is 17.1 Å². The highest BCUT2D eigenvalue weighted by Gasteiger charge is 2.34. The normalized spacial score (nSPS) is 13.2. The number of fused-ring (bicyclic) bond motifs is 4. The molecule has 1 aliphatic rings. The summed E-state index contributed by atoms with van der Waals surface area (Å²) in [5.74, 6) is 1.000. The number of aryl methyl sites for hydroxylation is 2. The van der Waals surface area contributed by atoms with Gasteiger partial charge in [-0.05, 0) is 69.2 Å². The Morgan fingerprint density at radius 2 is 1.62 bits per heavy atom. The van der Waals surface area contributed by atoms with Crippen LogP contribution >= 0.6 is 0 Å². The van der Waals surface area contributed by atoms with Crippen LogP contribution in [0.2, 0.25) is 0 Å². The highest BCUT2D eigenvalue weighted by Crippen LogP contribution is 2.30. The molecule has 9 heteroatoms. The van der Waals surface area contributed by atoms with Gasteiger partial charge in [-0.2, -0.15) is 0 Å². The summed E-state index contributed by atoms with van der Waals surface area (Å²) in [6.45, 7) is 7.05. The lowest BCUT2D eigenvalue weighted by Crippen LogP contribution is -2.31. The molecule has 0 spiro atoms. The predicted octanol–water partition coefficient (Wildman–Crippen LogP) is 4.31. The van der Waals surface area contributed by atoms with Gasteiger partial charge in [0.25, 0.3) is 11.8 Å². The molecule has 0 unspecified atom stereocenters. The SMILES string of the molecule is CCOc1ccc(-n2c(C)c(C)c3c2ncn2nc(CCCN4C(=O)c5ccccc5C4=O)nc32)cc1. The Kier molecular flexibility index (Phi) is 5.48. The van der Waals surface area contributed by atoms with E-state index in [9.17, 15) is 9.59 Å². The molecule has 186 valence electrons. The van der Waals surface area contributed by atoms with Crippen LogP contribution in [0.3, 0.4) is 0 Å². The molecule has 0 saturated heterocycles. The quantitative estimate of drug-likeness (QED) is 0.313. The molecule has 6 rings (SSSR count). The molecule has 0 fully saturated rings. The van der Waals surface area contributed by atoms with Crippen LogP contribution in [0.15, 0.2) is 54.9 Å². The van der Waals surface area contributed by atoms with E-state index in [2.05, 4.69) is 23.5 Å². The van der Waals surface area contributed by atoms with Crippen LogP contribution in [0.4, 0.5) is 0 Å². The first-order valence-corrected chi connectivity index (χ1v) is 12.4. The topological polar surface area (TPSA) is 94.6 Å². The molecule has 3 aromatic heterocycles. The van der Waals surface area contributed by atoms with Gasteiger partial charge in [-0.3, -0.25) is 19.1 Å². The van der Waals surface area contributed by atoms with E-state index in [0.29, 0.717) is 42.9 Å². The summed E-state index contributed by atoms with van der Waals surface area (Å²) in [6.07, 6.45) is 2.79. The van der Waals surface area contributed by atoms with Crippen LogP contribution in [0.25, 0.3) is 22.4 Å². The molecule has 5 aromatic rings. The molecule has 37 heavy (non-hydrogen) atoms. The molecule has 0 aliphatic carbocycles. The van der Waals surface area contributed by atoms with Crippen LogP contribution in [-0.4, -0.2) is 54.0 Å². The average Bonchev–Trinajstić information content (AvgIpc) is 3.52. The van der Waals surface area contributed by atoms with Crippen molar-refractivity contribution in [1.82, 2.24) is 29.0 Å². The number of carbonyl (C=O) groups excluding carboxylic acids is 2. The van der Waals surface area contributed by atoms with Crippen LogP contribution < -0.4 is 4.74 Å². The number of hydrogen-bond acceptors (Lipinski definition) is 6. The Hall–Kier alpha value is -4.53. The van der Waals surface area contributed by atoms with Crippen molar-refractivity contribution in [3.05, 3.63) is 83.1 Å². The van der Waals surface area contributed by atoms with Crippen LogP contribution in [0.5, 0.6) is 5.75 Å². The minimum absolute atomic E-state index is 0.240. The monoisotopic (exact) mass is 494 g/mol. The van der Waals surface area contributed by atoms with Gasteiger partial charge in [-0.15, -0.1) is 5.10 Å². The van der Waals surface area contributed by atoms with Crippen molar-refractivity contribution >= 4 is 28.5 Å². The summed E-state index contributed by atoms with van der Waals surface area (Å²) in [7, 11) is 0. The maximum atomic E-state index is 12.6. The number of carbonyl (C=O) groups is 2. The van der Waals surface area contributed by atoms with E-state index >= 15 is 0 Å². The number of rotatable bonds is 7. The van der Waals surface area contributed by atoms with Crippen molar-refractivity contribution in [2.24, 2.45) is 0 Å². The minimum atomic E-state index is -0.240. The predicted molar refractivity (Wildman–Crippen MR) is 138 cm³/mol. The van der Waals surface area contributed by atoms with Crippen molar-refractivity contribution in [3.8, 4) is 11.4 Å². The Bertz CT molecular complexity index is 1650. The average molecular weight is 495 g/mol. The molecule has 0 atom stereocenters. The van der Waals surface area contributed by atoms with Gasteiger partial charge in [0, 0.05) is 24.3 Å². The minimum Gasteiger partial charge on any atom is -0.494 e. The summed E-state index contributed by atoms with van der Waals surface area (Å²) in [6, 6.07) is 14.9. The molecule has 0 radical (unpaired) electrons. The lowest BCUT2D eigenvalue weighted by Gasteiger charge is -2.12. The Balaban J connectivity index is 1.26. The van der Waals surface area contributed by atoms with Gasteiger partial charge in [-0.25, -0.2) is 14.5 Å². The number of imide groups is 1. The molecule has 9 nitrogen and oxygen atoms in total. The molecule has 0 bridgehead atoms. The molecular weight excluding hydrogens is 468 g/mol. The molecule has 4 heterocycles. The number of ether oxygens (including phenoxy) is 1. The fourth-order valence-electron chi connectivity index (χ4n) is 5.02. The fraction of sp³-hybridized carbons (Fsp3) is 0.250. The van der Waals surface area contributed by atoms with Crippen molar-refractivity contribution in [2.45, 2.75) is 33.6 Å². The van der Waals surface area contributed by atoms with E-state index in [1.54, 1.807) is 35.1 Å². The second kappa shape index (κ2) is 8.85. The second-order valence-corrected chi connectivity index (χ2v) is 9.12. The lowest BCUT2D eigenvalue weighted by atomic mass is 10.1. The Labute approximate surface area is 213 Å². The van der Waals surface area contributed by atoms with Gasteiger partial charge < -0.3 is 4.74 Å². The highest BCUT2D eigenvalue weighted by molar-refractivity contribution is 6.21. The maximum Gasteiger partial charge on any atom is 0.261 e. The van der Waals surface area contributed by atoms with Crippen LogP contribution in [0.1, 0.15) is 51.1 Å². The lowest BCUT2D eigenvalue weighted by molar-refractivity contribution is 0.0652. The van der Waals surface area contributed by atoms with Gasteiger partial charge >= 0.3 is 0 Å². The van der Waals surface area contributed by atoms with Gasteiger partial charge in [-0.1, -0.05) is 12.1 Å². The molecule has 2 aromatic carbocycles. The summed E-state index contributed by atoms with van der Waals surface area (Å²) in [4.78, 5) is 36.1. The Morgan fingerprint density at radius 3 is 2.30 bits per heavy atom. The van der Waals surface area contributed by atoms with Crippen molar-refractivity contribution in [2.75, 3.05) is 13.2 Å². The van der Waals surface area contributed by atoms with Gasteiger partial charge in [0.1, 0.15) is 12.1 Å². The zero-order valence-electron chi connectivity index (χ0n) is 20.9. The summed E-state index contributed by atoms with van der Waals surface area (Å²) < 4.78 is 9.41. The Morgan fingerprint density at radius 1 is 0.919 bits per heavy atom. The van der Waals surface area contributed by atoms with Crippen molar-refractivity contribution in [3.63, 3.8) is 0 Å². The summed E-state index contributed by atoms with van der Waals surface area (Å²) in [5.41, 5.74) is 5.66. The van der Waals surface area contributed by atoms with E-state index in [0.717, 1.165) is 39.4 Å². The van der Waals surface area contributed by atoms with E-state index < -0.39 is 0 Å². The maximum absolute atomic E-state index is 12.6. The first-order valence-electron chi connectivity index (χ1n) is 12.4. The van der Waals surface area contributed by atoms with Gasteiger partial charge in [0.05, 0.1) is 23.1 Å². The molecule has 1 aliphatic heterocycles. The van der Waals surface area contributed by atoms with Crippen molar-refractivity contribution in [1.29, 1.82) is 0 Å². The number of hydrogen-bond donors (Lipinski definition) is 0. The third-order valence-corrected chi connectivity index (χ3v) is 6.94. The number of amides is 2. The zero-order chi connectivity index (χ0) is 25.7. The number of nitrogens with zero attached hydrogens (tertiary/aromatic N) is 6. The largest absolute Gasteiger partial charge is 0.494 e. The highest BCUT2D eigenvalue weighted by atomic mass is 16.5. The van der Waals surface area contributed by atoms with E-state index in [4.69, 9.17) is 14.7 Å². The smallest absolute Gasteiger partial charge is 0.261 e. The summed E-state index contributed by atoms with van der Waals surface area (Å²) in [5, 5.41) is 5.57. The first-order chi connectivity index (χ1) is 18.0. The van der Waals surface area contributed by atoms with Crippen LogP contribution in [0, 0.1) is 13.8 Å². The molecule has 0 N–H and O–H groups in total. The van der Waals surface area contributed by atoms with E-state index in [-0.39, 0.29) is 11.8 Å². The van der Waals surface area contributed by atoms with Crippen molar-refractivity contribution < 1.29 is 14.3 Å². The third kappa shape index (κ3) is 3.66. The zero-order valence-corrected chi connectivity index (χ0v) is 20.9. The molecule has 0 saturated carbocycles.